The first kappa shape index (κ1) is 16.1. The van der Waals surface area contributed by atoms with Gasteiger partial charge in [-0.15, -0.1) is 0 Å². The molecule has 1 aromatic carbocycles. The summed E-state index contributed by atoms with van der Waals surface area (Å²) in [6.45, 7) is 6.52. The molecular formula is C17H28N2O2. The van der Waals surface area contributed by atoms with Crippen LogP contribution >= 0.6 is 0 Å². The molecule has 21 heavy (non-hydrogen) atoms. The van der Waals surface area contributed by atoms with Gasteiger partial charge in [-0.3, -0.25) is 4.90 Å². The molecule has 4 heteroatoms. The zero-order valence-electron chi connectivity index (χ0n) is 13.5. The average Bonchev–Trinajstić information content (AvgIpc) is 2.55. The van der Waals surface area contributed by atoms with Crippen molar-refractivity contribution in [2.45, 2.75) is 38.8 Å². The van der Waals surface area contributed by atoms with E-state index >= 15 is 0 Å². The number of nitrogens with zero attached hydrogens (tertiary/aromatic N) is 1. The molecule has 1 fully saturated rings. The minimum atomic E-state index is 0.620. The van der Waals surface area contributed by atoms with Gasteiger partial charge in [0.25, 0.3) is 0 Å². The van der Waals surface area contributed by atoms with Gasteiger partial charge in [-0.2, -0.15) is 0 Å². The van der Waals surface area contributed by atoms with Crippen LogP contribution < -0.4 is 14.8 Å². The Balaban J connectivity index is 2.15. The minimum Gasteiger partial charge on any atom is -0.493 e. The van der Waals surface area contributed by atoms with Crippen molar-refractivity contribution in [2.75, 3.05) is 33.9 Å². The van der Waals surface area contributed by atoms with Gasteiger partial charge in [0.15, 0.2) is 11.5 Å². The van der Waals surface area contributed by atoms with E-state index in [0.29, 0.717) is 6.04 Å². The number of para-hydroxylation sites is 1. The Morgan fingerprint density at radius 1 is 1.29 bits per heavy atom. The standard InChI is InChI=1S/C17H28N2O2/c1-4-11-19(15-8-6-10-18-12-15)13-14-7-5-9-16(20-2)17(14)21-3/h5,7,9,15,18H,4,6,8,10-13H2,1-3H3. The number of benzene rings is 1. The molecular weight excluding hydrogens is 264 g/mol. The van der Waals surface area contributed by atoms with E-state index in [0.717, 1.165) is 37.7 Å². The van der Waals surface area contributed by atoms with Gasteiger partial charge in [0.05, 0.1) is 14.2 Å². The third-order valence-corrected chi connectivity index (χ3v) is 4.16. The third-order valence-electron chi connectivity index (χ3n) is 4.16. The number of hydrogen-bond acceptors (Lipinski definition) is 4. The zero-order valence-corrected chi connectivity index (χ0v) is 13.5. The Bertz CT molecular complexity index is 431. The van der Waals surface area contributed by atoms with Gasteiger partial charge in [-0.05, 0) is 38.4 Å². The molecule has 0 saturated carbocycles. The molecule has 0 aromatic heterocycles. The van der Waals surface area contributed by atoms with Gasteiger partial charge in [0, 0.05) is 24.7 Å². The predicted octanol–water partition coefficient (Wildman–Crippen LogP) is 2.67. The second-order valence-electron chi connectivity index (χ2n) is 5.62. The van der Waals surface area contributed by atoms with Gasteiger partial charge in [-0.25, -0.2) is 0 Å². The quantitative estimate of drug-likeness (QED) is 0.838. The minimum absolute atomic E-state index is 0.620. The van der Waals surface area contributed by atoms with E-state index in [4.69, 9.17) is 9.47 Å². The van der Waals surface area contributed by atoms with E-state index in [2.05, 4.69) is 23.2 Å². The summed E-state index contributed by atoms with van der Waals surface area (Å²) < 4.78 is 11.0. The van der Waals surface area contributed by atoms with Crippen LogP contribution in [-0.2, 0) is 6.54 Å². The van der Waals surface area contributed by atoms with E-state index in [1.165, 1.54) is 24.8 Å². The van der Waals surface area contributed by atoms with Crippen molar-refractivity contribution >= 4 is 0 Å². The molecule has 2 rings (SSSR count). The summed E-state index contributed by atoms with van der Waals surface area (Å²) in [5, 5.41) is 3.51. The summed E-state index contributed by atoms with van der Waals surface area (Å²) in [5.41, 5.74) is 1.20. The average molecular weight is 292 g/mol. The highest BCUT2D eigenvalue weighted by Crippen LogP contribution is 2.32. The van der Waals surface area contributed by atoms with Crippen molar-refractivity contribution in [3.8, 4) is 11.5 Å². The Kier molecular flexibility index (Phi) is 6.33. The number of nitrogens with one attached hydrogen (secondary N) is 1. The van der Waals surface area contributed by atoms with Crippen LogP contribution in [0.5, 0.6) is 11.5 Å². The SMILES string of the molecule is CCCN(Cc1cccc(OC)c1OC)C1CCCNC1. The monoisotopic (exact) mass is 292 g/mol. The highest BCUT2D eigenvalue weighted by atomic mass is 16.5. The third kappa shape index (κ3) is 4.11. The topological polar surface area (TPSA) is 33.7 Å². The normalized spacial score (nSPS) is 18.8. The molecule has 118 valence electrons. The number of rotatable bonds is 7. The van der Waals surface area contributed by atoms with Gasteiger partial charge in [0.2, 0.25) is 0 Å². The second-order valence-corrected chi connectivity index (χ2v) is 5.62. The molecule has 0 spiro atoms. The maximum atomic E-state index is 5.57. The van der Waals surface area contributed by atoms with Crippen molar-refractivity contribution in [2.24, 2.45) is 0 Å². The Labute approximate surface area is 128 Å². The fraction of sp³-hybridized carbons (Fsp3) is 0.647. The van der Waals surface area contributed by atoms with Crippen molar-refractivity contribution in [3.05, 3.63) is 23.8 Å². The summed E-state index contributed by atoms with van der Waals surface area (Å²) in [4.78, 5) is 2.57. The lowest BCUT2D eigenvalue weighted by Gasteiger charge is -2.35. The van der Waals surface area contributed by atoms with Crippen molar-refractivity contribution in [1.29, 1.82) is 0 Å². The zero-order chi connectivity index (χ0) is 15.1. The maximum Gasteiger partial charge on any atom is 0.165 e. The van der Waals surface area contributed by atoms with Gasteiger partial charge in [0.1, 0.15) is 0 Å². The molecule has 0 aliphatic carbocycles. The molecule has 1 saturated heterocycles. The smallest absolute Gasteiger partial charge is 0.165 e. The summed E-state index contributed by atoms with van der Waals surface area (Å²) in [5.74, 6) is 1.68. The fourth-order valence-corrected chi connectivity index (χ4v) is 3.12. The molecule has 1 aliphatic heterocycles. The Morgan fingerprint density at radius 2 is 2.14 bits per heavy atom. The lowest BCUT2D eigenvalue weighted by molar-refractivity contribution is 0.156. The molecule has 1 atom stereocenters. The first-order valence-corrected chi connectivity index (χ1v) is 7.94. The van der Waals surface area contributed by atoms with Crippen molar-refractivity contribution < 1.29 is 9.47 Å². The number of ether oxygens (including phenoxy) is 2. The largest absolute Gasteiger partial charge is 0.493 e. The lowest BCUT2D eigenvalue weighted by atomic mass is 10.0. The molecule has 1 aliphatic rings. The van der Waals surface area contributed by atoms with Crippen LogP contribution in [0.1, 0.15) is 31.7 Å². The number of hydrogen-bond donors (Lipinski definition) is 1. The van der Waals surface area contributed by atoms with E-state index in [1.807, 2.05) is 12.1 Å². The van der Waals surface area contributed by atoms with Crippen LogP contribution in [0, 0.1) is 0 Å². The molecule has 1 heterocycles. The first-order valence-electron chi connectivity index (χ1n) is 7.94. The van der Waals surface area contributed by atoms with Crippen LogP contribution in [0.4, 0.5) is 0 Å². The highest BCUT2D eigenvalue weighted by molar-refractivity contribution is 5.46. The summed E-state index contributed by atoms with van der Waals surface area (Å²) in [6, 6.07) is 6.75. The molecule has 1 unspecified atom stereocenters. The Hall–Kier alpha value is -1.26. The van der Waals surface area contributed by atoms with Crippen molar-refractivity contribution in [1.82, 2.24) is 10.2 Å². The maximum absolute atomic E-state index is 5.57. The van der Waals surface area contributed by atoms with E-state index < -0.39 is 0 Å². The fourth-order valence-electron chi connectivity index (χ4n) is 3.12. The van der Waals surface area contributed by atoms with E-state index in [9.17, 15) is 0 Å². The number of methoxy groups -OCH3 is 2. The number of piperidine rings is 1. The van der Waals surface area contributed by atoms with E-state index in [-0.39, 0.29) is 0 Å². The first-order chi connectivity index (χ1) is 10.3. The second kappa shape index (κ2) is 8.25. The summed E-state index contributed by atoms with van der Waals surface area (Å²) >= 11 is 0. The van der Waals surface area contributed by atoms with Gasteiger partial charge >= 0.3 is 0 Å². The van der Waals surface area contributed by atoms with Crippen LogP contribution in [0.15, 0.2) is 18.2 Å². The molecule has 0 bridgehead atoms. The van der Waals surface area contributed by atoms with Crippen LogP contribution in [0.2, 0.25) is 0 Å². The predicted molar refractivity (Wildman–Crippen MR) is 86.1 cm³/mol. The van der Waals surface area contributed by atoms with Crippen LogP contribution in [0.25, 0.3) is 0 Å². The molecule has 1 aromatic rings. The van der Waals surface area contributed by atoms with E-state index in [1.54, 1.807) is 14.2 Å². The molecule has 0 amide bonds. The summed E-state index contributed by atoms with van der Waals surface area (Å²) in [6.07, 6.45) is 3.71. The highest BCUT2D eigenvalue weighted by Gasteiger charge is 2.22. The molecule has 1 N–H and O–H groups in total. The van der Waals surface area contributed by atoms with Crippen LogP contribution in [-0.4, -0.2) is 44.8 Å². The van der Waals surface area contributed by atoms with Gasteiger partial charge in [-0.1, -0.05) is 19.1 Å². The van der Waals surface area contributed by atoms with Gasteiger partial charge < -0.3 is 14.8 Å². The molecule has 0 radical (unpaired) electrons. The molecule has 4 nitrogen and oxygen atoms in total. The van der Waals surface area contributed by atoms with Crippen LogP contribution in [0.3, 0.4) is 0 Å². The van der Waals surface area contributed by atoms with Crippen molar-refractivity contribution in [3.63, 3.8) is 0 Å². The summed E-state index contributed by atoms with van der Waals surface area (Å²) in [7, 11) is 3.41. The Morgan fingerprint density at radius 3 is 2.76 bits per heavy atom. The lowest BCUT2D eigenvalue weighted by Crippen LogP contribution is -2.45.